The Morgan fingerprint density at radius 3 is 2.78 bits per heavy atom. The molecule has 0 aromatic carbocycles. The van der Waals surface area contributed by atoms with Gasteiger partial charge in [0.1, 0.15) is 23.0 Å². The molecule has 2 aromatic heterocycles. The van der Waals surface area contributed by atoms with Gasteiger partial charge in [0.2, 0.25) is 0 Å². The van der Waals surface area contributed by atoms with Gasteiger partial charge in [-0.3, -0.25) is 4.79 Å². The Kier molecular flexibility index (Phi) is 3.43. The van der Waals surface area contributed by atoms with Crippen molar-refractivity contribution in [3.63, 3.8) is 0 Å². The van der Waals surface area contributed by atoms with Crippen molar-refractivity contribution in [2.45, 2.75) is 51.6 Å². The number of carbonyl (C=O) groups is 1. The van der Waals surface area contributed by atoms with Crippen molar-refractivity contribution in [1.29, 1.82) is 0 Å². The third-order valence-corrected chi connectivity index (χ3v) is 4.73. The Labute approximate surface area is 135 Å². The number of nitrogens with zero attached hydrogens (tertiary/aromatic N) is 3. The quantitative estimate of drug-likeness (QED) is 0.850. The Hall–Kier alpha value is -2.17. The first-order valence-corrected chi connectivity index (χ1v) is 8.31. The summed E-state index contributed by atoms with van der Waals surface area (Å²) < 4.78 is 5.97. The SMILES string of the molecule is Cc1nccc(C(=O)N(Cc2ccc(C3CC3C)o2)C2CC2)n1. The first-order valence-electron chi connectivity index (χ1n) is 8.31. The Morgan fingerprint density at radius 1 is 1.35 bits per heavy atom. The second-order valence-corrected chi connectivity index (χ2v) is 6.78. The predicted octanol–water partition coefficient (Wildman–Crippen LogP) is 3.31. The second kappa shape index (κ2) is 5.48. The number of carbonyl (C=O) groups excluding carboxylic acids is 1. The van der Waals surface area contributed by atoms with Crippen LogP contribution in [0.1, 0.15) is 59.9 Å². The van der Waals surface area contributed by atoms with Crippen molar-refractivity contribution >= 4 is 5.91 Å². The topological polar surface area (TPSA) is 59.2 Å². The highest BCUT2D eigenvalue weighted by Crippen LogP contribution is 2.47. The van der Waals surface area contributed by atoms with E-state index in [-0.39, 0.29) is 5.91 Å². The van der Waals surface area contributed by atoms with Crippen LogP contribution in [-0.4, -0.2) is 26.8 Å². The molecule has 2 fully saturated rings. The molecule has 0 saturated heterocycles. The van der Waals surface area contributed by atoms with Crippen molar-refractivity contribution in [3.05, 3.63) is 47.4 Å². The van der Waals surface area contributed by atoms with Crippen molar-refractivity contribution in [3.8, 4) is 0 Å². The lowest BCUT2D eigenvalue weighted by atomic mass is 10.2. The maximum atomic E-state index is 12.8. The highest BCUT2D eigenvalue weighted by molar-refractivity contribution is 5.92. The van der Waals surface area contributed by atoms with Gasteiger partial charge in [0.25, 0.3) is 5.91 Å². The molecule has 2 saturated carbocycles. The van der Waals surface area contributed by atoms with Gasteiger partial charge >= 0.3 is 0 Å². The number of amides is 1. The van der Waals surface area contributed by atoms with Crippen LogP contribution in [0, 0.1) is 12.8 Å². The molecule has 2 atom stereocenters. The number of hydrogen-bond acceptors (Lipinski definition) is 4. The summed E-state index contributed by atoms with van der Waals surface area (Å²) in [6.07, 6.45) is 4.96. The lowest BCUT2D eigenvalue weighted by Gasteiger charge is -2.20. The molecule has 4 rings (SSSR count). The van der Waals surface area contributed by atoms with Gasteiger partial charge in [-0.2, -0.15) is 0 Å². The molecular formula is C18H21N3O2. The van der Waals surface area contributed by atoms with E-state index in [0.717, 1.165) is 30.3 Å². The molecule has 5 nitrogen and oxygen atoms in total. The first kappa shape index (κ1) is 14.4. The van der Waals surface area contributed by atoms with E-state index in [0.29, 0.717) is 30.0 Å². The van der Waals surface area contributed by atoms with Gasteiger partial charge in [0.05, 0.1) is 6.54 Å². The molecule has 0 radical (unpaired) electrons. The summed E-state index contributed by atoms with van der Waals surface area (Å²) in [7, 11) is 0. The average molecular weight is 311 g/mol. The Morgan fingerprint density at radius 2 is 2.13 bits per heavy atom. The van der Waals surface area contributed by atoms with E-state index < -0.39 is 0 Å². The zero-order valence-corrected chi connectivity index (χ0v) is 13.5. The number of hydrogen-bond donors (Lipinski definition) is 0. The molecule has 5 heteroatoms. The van der Waals surface area contributed by atoms with Crippen LogP contribution in [0.25, 0.3) is 0 Å². The van der Waals surface area contributed by atoms with E-state index in [9.17, 15) is 4.79 Å². The fourth-order valence-electron chi connectivity index (χ4n) is 3.04. The largest absolute Gasteiger partial charge is 0.464 e. The lowest BCUT2D eigenvalue weighted by Crippen LogP contribution is -2.33. The monoisotopic (exact) mass is 311 g/mol. The van der Waals surface area contributed by atoms with Crippen molar-refractivity contribution in [2.75, 3.05) is 0 Å². The Bertz CT molecular complexity index is 735. The van der Waals surface area contributed by atoms with Crippen LogP contribution in [0.4, 0.5) is 0 Å². The van der Waals surface area contributed by atoms with Crippen molar-refractivity contribution in [2.24, 2.45) is 5.92 Å². The van der Waals surface area contributed by atoms with Crippen molar-refractivity contribution in [1.82, 2.24) is 14.9 Å². The summed E-state index contributed by atoms with van der Waals surface area (Å²) in [4.78, 5) is 23.0. The smallest absolute Gasteiger partial charge is 0.273 e. The Balaban J connectivity index is 1.52. The normalized spacial score (nSPS) is 22.9. The maximum Gasteiger partial charge on any atom is 0.273 e. The van der Waals surface area contributed by atoms with Crippen LogP contribution < -0.4 is 0 Å². The summed E-state index contributed by atoms with van der Waals surface area (Å²) in [5, 5.41) is 0. The van der Waals surface area contributed by atoms with Gasteiger partial charge in [-0.25, -0.2) is 9.97 Å². The predicted molar refractivity (Wildman–Crippen MR) is 84.9 cm³/mol. The molecule has 2 heterocycles. The zero-order chi connectivity index (χ0) is 16.0. The van der Waals surface area contributed by atoms with E-state index in [1.807, 2.05) is 11.0 Å². The summed E-state index contributed by atoms with van der Waals surface area (Å²) >= 11 is 0. The van der Waals surface area contributed by atoms with Crippen LogP contribution >= 0.6 is 0 Å². The van der Waals surface area contributed by atoms with Crippen LogP contribution in [-0.2, 0) is 6.54 Å². The number of aromatic nitrogens is 2. The van der Waals surface area contributed by atoms with Gasteiger partial charge in [-0.05, 0) is 50.3 Å². The highest BCUT2D eigenvalue weighted by Gasteiger charge is 2.38. The summed E-state index contributed by atoms with van der Waals surface area (Å²) in [6.45, 7) is 4.56. The van der Waals surface area contributed by atoms with E-state index in [1.165, 1.54) is 6.42 Å². The van der Waals surface area contributed by atoms with Crippen molar-refractivity contribution < 1.29 is 9.21 Å². The maximum absolute atomic E-state index is 12.8. The fourth-order valence-corrected chi connectivity index (χ4v) is 3.04. The van der Waals surface area contributed by atoms with Gasteiger partial charge in [0.15, 0.2) is 0 Å². The summed E-state index contributed by atoms with van der Waals surface area (Å²) in [5.41, 5.74) is 0.465. The molecule has 120 valence electrons. The number of rotatable bonds is 5. The van der Waals surface area contributed by atoms with Gasteiger partial charge in [0, 0.05) is 18.2 Å². The van der Waals surface area contributed by atoms with Crippen LogP contribution in [0.3, 0.4) is 0 Å². The summed E-state index contributed by atoms with van der Waals surface area (Å²) in [5.74, 6) is 3.81. The van der Waals surface area contributed by atoms with Gasteiger partial charge < -0.3 is 9.32 Å². The van der Waals surface area contributed by atoms with E-state index in [4.69, 9.17) is 4.42 Å². The zero-order valence-electron chi connectivity index (χ0n) is 13.5. The minimum absolute atomic E-state index is 0.0317. The van der Waals surface area contributed by atoms with E-state index in [2.05, 4.69) is 23.0 Å². The number of aryl methyl sites for hydroxylation is 1. The molecule has 0 bridgehead atoms. The van der Waals surface area contributed by atoms with E-state index in [1.54, 1.807) is 19.2 Å². The van der Waals surface area contributed by atoms with Crippen LogP contribution in [0.5, 0.6) is 0 Å². The highest BCUT2D eigenvalue weighted by atomic mass is 16.3. The number of furan rings is 1. The first-order chi connectivity index (χ1) is 11.1. The molecule has 0 N–H and O–H groups in total. The average Bonchev–Trinajstić information content (AvgIpc) is 3.45. The second-order valence-electron chi connectivity index (χ2n) is 6.78. The molecule has 2 aliphatic rings. The molecule has 23 heavy (non-hydrogen) atoms. The molecule has 2 unspecified atom stereocenters. The molecule has 1 amide bonds. The third kappa shape index (κ3) is 3.00. The minimum Gasteiger partial charge on any atom is -0.464 e. The third-order valence-electron chi connectivity index (χ3n) is 4.73. The minimum atomic E-state index is -0.0317. The molecule has 2 aliphatic carbocycles. The fraction of sp³-hybridized carbons (Fsp3) is 0.500. The van der Waals surface area contributed by atoms with E-state index >= 15 is 0 Å². The molecule has 0 aliphatic heterocycles. The van der Waals surface area contributed by atoms with Gasteiger partial charge in [-0.1, -0.05) is 6.92 Å². The molecule has 2 aromatic rings. The molecule has 0 spiro atoms. The molecular weight excluding hydrogens is 290 g/mol. The standard InChI is InChI=1S/C18H21N3O2/c1-11-9-15(11)17-6-5-14(23-17)10-21(13-3-4-13)18(22)16-7-8-19-12(2)20-16/h5-8,11,13,15H,3-4,9-10H2,1-2H3. The van der Waals surface area contributed by atoms with Crippen LogP contribution in [0.2, 0.25) is 0 Å². The summed E-state index contributed by atoms with van der Waals surface area (Å²) in [6, 6.07) is 6.07. The lowest BCUT2D eigenvalue weighted by molar-refractivity contribution is 0.0710. The van der Waals surface area contributed by atoms with Gasteiger partial charge in [-0.15, -0.1) is 0 Å². The van der Waals surface area contributed by atoms with Crippen LogP contribution in [0.15, 0.2) is 28.8 Å².